The van der Waals surface area contributed by atoms with Crippen molar-refractivity contribution in [1.29, 1.82) is 0 Å². The lowest BCUT2D eigenvalue weighted by atomic mass is 10.0. The van der Waals surface area contributed by atoms with E-state index >= 15 is 0 Å². The van der Waals surface area contributed by atoms with E-state index in [1.165, 1.54) is 19.3 Å². The number of oxazole rings is 1. The van der Waals surface area contributed by atoms with E-state index in [9.17, 15) is 0 Å². The molecule has 0 unspecified atom stereocenters. The van der Waals surface area contributed by atoms with Gasteiger partial charge < -0.3 is 9.73 Å². The van der Waals surface area contributed by atoms with Gasteiger partial charge in [-0.3, -0.25) is 0 Å². The van der Waals surface area contributed by atoms with Gasteiger partial charge in [-0.15, -0.1) is 0 Å². The second-order valence-electron chi connectivity index (χ2n) is 4.84. The highest BCUT2D eigenvalue weighted by molar-refractivity contribution is 5.55. The van der Waals surface area contributed by atoms with E-state index in [1.54, 1.807) is 0 Å². The summed E-state index contributed by atoms with van der Waals surface area (Å²) in [4.78, 5) is 4.38. The zero-order valence-electron chi connectivity index (χ0n) is 10.4. The van der Waals surface area contributed by atoms with Gasteiger partial charge in [-0.1, -0.05) is 36.8 Å². The Hall–Kier alpha value is -1.61. The Balaban J connectivity index is 1.69. The highest BCUT2D eigenvalue weighted by Crippen LogP contribution is 2.21. The highest BCUT2D eigenvalue weighted by atomic mass is 16.4. The highest BCUT2D eigenvalue weighted by Gasteiger charge is 2.16. The van der Waals surface area contributed by atoms with Crippen molar-refractivity contribution in [3.8, 4) is 11.3 Å². The molecule has 0 bridgehead atoms. The van der Waals surface area contributed by atoms with Gasteiger partial charge in [0.2, 0.25) is 0 Å². The molecule has 2 aromatic rings. The van der Waals surface area contributed by atoms with Gasteiger partial charge in [-0.2, -0.15) is 0 Å². The van der Waals surface area contributed by atoms with Gasteiger partial charge in [0, 0.05) is 18.0 Å². The van der Waals surface area contributed by atoms with Crippen molar-refractivity contribution >= 4 is 0 Å². The molecule has 3 heteroatoms. The van der Waals surface area contributed by atoms with Crippen LogP contribution in [0.3, 0.4) is 0 Å². The first-order valence-electron chi connectivity index (χ1n) is 6.65. The standard InChI is InChI=1S/C15H18N2O/c1-2-6-12(7-3-1)14-11-17-15(18-14)10-13-8-4-5-9-16-13/h1-3,6-7,11,13,16H,4-5,8-10H2/t13-/m0/s1. The van der Waals surface area contributed by atoms with Crippen LogP contribution in [0.4, 0.5) is 0 Å². The fourth-order valence-corrected chi connectivity index (χ4v) is 2.45. The first kappa shape index (κ1) is 11.5. The fourth-order valence-electron chi connectivity index (χ4n) is 2.45. The van der Waals surface area contributed by atoms with Crippen LogP contribution in [0.5, 0.6) is 0 Å². The van der Waals surface area contributed by atoms with Crippen molar-refractivity contribution in [2.45, 2.75) is 31.7 Å². The van der Waals surface area contributed by atoms with E-state index in [0.717, 1.165) is 30.2 Å². The molecule has 0 saturated carbocycles. The number of benzene rings is 1. The molecule has 1 N–H and O–H groups in total. The van der Waals surface area contributed by atoms with E-state index in [-0.39, 0.29) is 0 Å². The van der Waals surface area contributed by atoms with Gasteiger partial charge in [-0.25, -0.2) is 4.98 Å². The van der Waals surface area contributed by atoms with Crippen LogP contribution in [-0.4, -0.2) is 17.6 Å². The third-order valence-corrected chi connectivity index (χ3v) is 3.45. The van der Waals surface area contributed by atoms with Gasteiger partial charge in [0.25, 0.3) is 0 Å². The van der Waals surface area contributed by atoms with Crippen molar-refractivity contribution in [3.05, 3.63) is 42.4 Å². The molecule has 1 aliphatic heterocycles. The summed E-state index contributed by atoms with van der Waals surface area (Å²) in [6, 6.07) is 10.7. The van der Waals surface area contributed by atoms with Gasteiger partial charge in [-0.05, 0) is 19.4 Å². The van der Waals surface area contributed by atoms with Crippen LogP contribution in [0.1, 0.15) is 25.2 Å². The fraction of sp³-hybridized carbons (Fsp3) is 0.400. The third-order valence-electron chi connectivity index (χ3n) is 3.45. The molecule has 2 heterocycles. The minimum atomic E-state index is 0.529. The summed E-state index contributed by atoms with van der Waals surface area (Å²) in [5, 5.41) is 3.52. The number of rotatable bonds is 3. The summed E-state index contributed by atoms with van der Waals surface area (Å²) in [5.41, 5.74) is 1.09. The second-order valence-corrected chi connectivity index (χ2v) is 4.84. The molecule has 3 rings (SSSR count). The predicted molar refractivity (Wildman–Crippen MR) is 71.3 cm³/mol. The Labute approximate surface area is 107 Å². The maximum Gasteiger partial charge on any atom is 0.196 e. The van der Waals surface area contributed by atoms with E-state index < -0.39 is 0 Å². The van der Waals surface area contributed by atoms with Crippen molar-refractivity contribution in [2.75, 3.05) is 6.54 Å². The lowest BCUT2D eigenvalue weighted by molar-refractivity contribution is 0.369. The molecule has 94 valence electrons. The minimum Gasteiger partial charge on any atom is -0.441 e. The Morgan fingerprint density at radius 1 is 1.22 bits per heavy atom. The zero-order valence-corrected chi connectivity index (χ0v) is 10.4. The molecule has 1 saturated heterocycles. The number of nitrogens with zero attached hydrogens (tertiary/aromatic N) is 1. The lowest BCUT2D eigenvalue weighted by Gasteiger charge is -2.21. The monoisotopic (exact) mass is 242 g/mol. The summed E-state index contributed by atoms with van der Waals surface area (Å²) >= 11 is 0. The molecule has 0 aliphatic carbocycles. The molecule has 3 nitrogen and oxygen atoms in total. The van der Waals surface area contributed by atoms with Gasteiger partial charge in [0.1, 0.15) is 0 Å². The molecule has 1 aromatic heterocycles. The van der Waals surface area contributed by atoms with Crippen LogP contribution in [-0.2, 0) is 6.42 Å². The Bertz CT molecular complexity index is 486. The SMILES string of the molecule is c1ccc(-c2cnc(C[C@@H]3CCCCN3)o2)cc1. The molecular weight excluding hydrogens is 224 g/mol. The zero-order chi connectivity index (χ0) is 12.2. The molecule has 1 atom stereocenters. The normalized spacial score (nSPS) is 19.9. The lowest BCUT2D eigenvalue weighted by Crippen LogP contribution is -2.35. The molecule has 0 spiro atoms. The number of piperidine rings is 1. The van der Waals surface area contributed by atoms with Crippen LogP contribution < -0.4 is 5.32 Å². The molecular formula is C15H18N2O. The summed E-state index contributed by atoms with van der Waals surface area (Å²) in [6.07, 6.45) is 6.55. The number of hydrogen-bond acceptors (Lipinski definition) is 3. The summed E-state index contributed by atoms with van der Waals surface area (Å²) in [7, 11) is 0. The molecule has 1 fully saturated rings. The van der Waals surface area contributed by atoms with Gasteiger partial charge >= 0.3 is 0 Å². The maximum atomic E-state index is 5.82. The molecule has 0 radical (unpaired) electrons. The molecule has 18 heavy (non-hydrogen) atoms. The van der Waals surface area contributed by atoms with Crippen LogP contribution in [0.25, 0.3) is 11.3 Å². The average Bonchev–Trinajstić information content (AvgIpc) is 2.89. The topological polar surface area (TPSA) is 38.1 Å². The van der Waals surface area contributed by atoms with E-state index in [4.69, 9.17) is 4.42 Å². The van der Waals surface area contributed by atoms with Gasteiger partial charge in [0.15, 0.2) is 11.7 Å². The van der Waals surface area contributed by atoms with Crippen LogP contribution >= 0.6 is 0 Å². The van der Waals surface area contributed by atoms with E-state index in [2.05, 4.69) is 10.3 Å². The van der Waals surface area contributed by atoms with Crippen LogP contribution in [0, 0.1) is 0 Å². The first-order chi connectivity index (χ1) is 8.92. The van der Waals surface area contributed by atoms with Crippen molar-refractivity contribution in [2.24, 2.45) is 0 Å². The summed E-state index contributed by atoms with van der Waals surface area (Å²) in [5.74, 6) is 1.70. The summed E-state index contributed by atoms with van der Waals surface area (Å²) in [6.45, 7) is 1.12. The van der Waals surface area contributed by atoms with Crippen LogP contribution in [0.2, 0.25) is 0 Å². The molecule has 1 aromatic carbocycles. The number of hydrogen-bond donors (Lipinski definition) is 1. The molecule has 1 aliphatic rings. The van der Waals surface area contributed by atoms with Crippen molar-refractivity contribution < 1.29 is 4.42 Å². The number of nitrogens with one attached hydrogen (secondary N) is 1. The summed E-state index contributed by atoms with van der Waals surface area (Å²) < 4.78 is 5.82. The quantitative estimate of drug-likeness (QED) is 0.899. The van der Waals surface area contributed by atoms with Gasteiger partial charge in [0.05, 0.1) is 6.20 Å². The third kappa shape index (κ3) is 2.62. The van der Waals surface area contributed by atoms with E-state index in [0.29, 0.717) is 6.04 Å². The maximum absolute atomic E-state index is 5.82. The van der Waals surface area contributed by atoms with Crippen molar-refractivity contribution in [3.63, 3.8) is 0 Å². The predicted octanol–water partition coefficient (Wildman–Crippen LogP) is 3.03. The van der Waals surface area contributed by atoms with Crippen LogP contribution in [0.15, 0.2) is 40.9 Å². The smallest absolute Gasteiger partial charge is 0.196 e. The average molecular weight is 242 g/mol. The minimum absolute atomic E-state index is 0.529. The number of aromatic nitrogens is 1. The second kappa shape index (κ2) is 5.36. The van der Waals surface area contributed by atoms with Crippen molar-refractivity contribution in [1.82, 2.24) is 10.3 Å². The molecule has 0 amide bonds. The Morgan fingerprint density at radius 3 is 2.89 bits per heavy atom. The first-order valence-corrected chi connectivity index (χ1v) is 6.65. The Kier molecular flexibility index (Phi) is 3.42. The van der Waals surface area contributed by atoms with E-state index in [1.807, 2.05) is 36.5 Å². The Morgan fingerprint density at radius 2 is 2.11 bits per heavy atom. The largest absolute Gasteiger partial charge is 0.441 e.